The molecule has 11 rings (SSSR count). The van der Waals surface area contributed by atoms with Gasteiger partial charge in [-0.05, 0) is 53.5 Å². The predicted molar refractivity (Wildman–Crippen MR) is 211 cm³/mol. The number of rotatable bonds is 4. The van der Waals surface area contributed by atoms with Gasteiger partial charge in [-0.25, -0.2) is 4.98 Å². The van der Waals surface area contributed by atoms with Gasteiger partial charge in [-0.1, -0.05) is 115 Å². The van der Waals surface area contributed by atoms with Crippen LogP contribution in [0.25, 0.3) is 104 Å². The highest BCUT2D eigenvalue weighted by atomic mass is 32.1. The summed E-state index contributed by atoms with van der Waals surface area (Å²) in [5.41, 5.74) is 0.414. The van der Waals surface area contributed by atoms with Gasteiger partial charge in [0.15, 0.2) is 11.6 Å². The lowest BCUT2D eigenvalue weighted by molar-refractivity contribution is 0.673. The van der Waals surface area contributed by atoms with E-state index in [4.69, 9.17) is 37.2 Å². The van der Waals surface area contributed by atoms with Gasteiger partial charge in [0.25, 0.3) is 0 Å². The van der Waals surface area contributed by atoms with Gasteiger partial charge in [-0.15, -0.1) is 11.3 Å². The molecule has 0 saturated carbocycles. The molecular formula is C45H26N4OS. The molecule has 0 aliphatic heterocycles. The molecule has 0 aliphatic carbocycles. The summed E-state index contributed by atoms with van der Waals surface area (Å²) >= 11 is 0.840. The molecule has 7 aromatic carbocycles. The van der Waals surface area contributed by atoms with E-state index in [2.05, 4.69) is 0 Å². The summed E-state index contributed by atoms with van der Waals surface area (Å²) < 4.78 is 149. The van der Waals surface area contributed by atoms with Crippen LogP contribution in [0.15, 0.2) is 162 Å². The summed E-state index contributed by atoms with van der Waals surface area (Å²) in [6, 6.07) is 8.13. The molecule has 6 heteroatoms. The van der Waals surface area contributed by atoms with Crippen LogP contribution in [-0.2, 0) is 0 Å². The molecule has 0 fully saturated rings. The van der Waals surface area contributed by atoms with Crippen molar-refractivity contribution in [1.29, 1.82) is 0 Å². The molecule has 0 atom stereocenters. The first-order valence-electron chi connectivity index (χ1n) is 23.6. The van der Waals surface area contributed by atoms with Crippen LogP contribution >= 0.6 is 11.3 Å². The number of nitrogens with zero attached hydrogens (tertiary/aromatic N) is 4. The second-order valence-electron chi connectivity index (χ2n) is 11.6. The Morgan fingerprint density at radius 2 is 1.29 bits per heavy atom. The fourth-order valence-corrected chi connectivity index (χ4v) is 7.64. The van der Waals surface area contributed by atoms with Crippen LogP contribution in [0.4, 0.5) is 0 Å². The summed E-state index contributed by atoms with van der Waals surface area (Å²) in [5.74, 6) is -1.01. The molecule has 238 valence electrons. The maximum absolute atomic E-state index is 9.56. The Morgan fingerprint density at radius 1 is 0.549 bits per heavy atom. The Morgan fingerprint density at radius 3 is 2.24 bits per heavy atom. The Kier molecular flexibility index (Phi) is 3.61. The van der Waals surface area contributed by atoms with Crippen molar-refractivity contribution < 1.29 is 26.3 Å². The lowest BCUT2D eigenvalue weighted by Gasteiger charge is -2.12. The Balaban J connectivity index is 1.31. The van der Waals surface area contributed by atoms with Gasteiger partial charge in [0.2, 0.25) is 5.95 Å². The summed E-state index contributed by atoms with van der Waals surface area (Å²) in [7, 11) is 0. The molecule has 0 N–H and O–H groups in total. The maximum Gasteiger partial charge on any atom is 0.238 e. The van der Waals surface area contributed by atoms with Gasteiger partial charge in [-0.2, -0.15) is 9.97 Å². The minimum atomic E-state index is -0.788. The third kappa shape index (κ3) is 4.30. The Hall–Kier alpha value is -6.63. The zero-order valence-electron chi connectivity index (χ0n) is 41.9. The highest BCUT2D eigenvalue weighted by Crippen LogP contribution is 2.42. The van der Waals surface area contributed by atoms with Crippen molar-refractivity contribution in [3.8, 4) is 39.9 Å². The Bertz CT molecular complexity index is 4060. The quantitative estimate of drug-likeness (QED) is 0.185. The number of hydrogen-bond donors (Lipinski definition) is 0. The van der Waals surface area contributed by atoms with Crippen LogP contribution in [-0.4, -0.2) is 19.5 Å². The smallest absolute Gasteiger partial charge is 0.238 e. The SMILES string of the molecule is [2H]c1c([2H])c([2H])c(-c2c([2H])c([2H])c([2H])c(-c3nc(-c4c([2H])c([2H])c([2H])c5c4sc4c([2H])c([2H])c([2H])c([2H])c45)nc(-n4c5ccccc5c5c6oc7ccccc7c6ccc54)n3)c2[2H])c([2H])c1[2H]. The standard InChI is InChI=1S/C45H26N4OS/c1-2-12-27(13-3-1)28-14-10-15-29(26-28)43-46-44(35-20-11-19-33-31-17-6-9-23-39(31)51-42(33)35)48-45(47-43)49-36-21-7-4-18-34(36)40-37(49)25-24-32-30-16-5-8-22-38(30)50-41(32)40/h1-26H/i1D,2D,3D,6D,9D,10D,11D,12D,13D,14D,15D,17D,19D,20D,23D,26D. The lowest BCUT2D eigenvalue weighted by atomic mass is 10.0. The van der Waals surface area contributed by atoms with Crippen LogP contribution in [0.5, 0.6) is 0 Å². The normalized spacial score (nSPS) is 16.3. The first-order chi connectivity index (χ1) is 31.9. The van der Waals surface area contributed by atoms with Gasteiger partial charge in [0.05, 0.1) is 38.4 Å². The van der Waals surface area contributed by atoms with Crippen molar-refractivity contribution in [3.05, 3.63) is 157 Å². The minimum absolute atomic E-state index is 0.0440. The van der Waals surface area contributed by atoms with Gasteiger partial charge < -0.3 is 4.42 Å². The van der Waals surface area contributed by atoms with E-state index in [1.54, 1.807) is 16.7 Å². The minimum Gasteiger partial charge on any atom is -0.455 e. The molecule has 0 saturated heterocycles. The number of benzene rings is 7. The number of furan rings is 1. The largest absolute Gasteiger partial charge is 0.455 e. The van der Waals surface area contributed by atoms with E-state index in [0.717, 1.165) is 22.1 Å². The molecule has 4 aromatic heterocycles. The molecule has 5 nitrogen and oxygen atoms in total. The fourth-order valence-electron chi connectivity index (χ4n) is 6.58. The zero-order valence-corrected chi connectivity index (χ0v) is 26.7. The van der Waals surface area contributed by atoms with E-state index in [-0.39, 0.29) is 37.5 Å². The summed E-state index contributed by atoms with van der Waals surface area (Å²) in [4.78, 5) is 14.5. The van der Waals surface area contributed by atoms with Crippen molar-refractivity contribution in [2.24, 2.45) is 0 Å². The molecule has 4 heterocycles. The van der Waals surface area contributed by atoms with Crippen LogP contribution < -0.4 is 0 Å². The monoisotopic (exact) mass is 686 g/mol. The number of aromatic nitrogens is 4. The van der Waals surface area contributed by atoms with Crippen molar-refractivity contribution in [2.75, 3.05) is 0 Å². The maximum atomic E-state index is 9.56. The van der Waals surface area contributed by atoms with Crippen molar-refractivity contribution >= 4 is 75.3 Å². The molecule has 11 aromatic rings. The molecule has 0 amide bonds. The highest BCUT2D eigenvalue weighted by molar-refractivity contribution is 7.26. The van der Waals surface area contributed by atoms with E-state index in [1.165, 1.54) is 0 Å². The molecule has 0 spiro atoms. The molecule has 0 bridgehead atoms. The predicted octanol–water partition coefficient (Wildman–Crippen LogP) is 12.2. The van der Waals surface area contributed by atoms with Crippen LogP contribution in [0, 0.1) is 0 Å². The summed E-state index contributed by atoms with van der Waals surface area (Å²) in [5, 5.41) is 2.94. The van der Waals surface area contributed by atoms with E-state index in [1.807, 2.05) is 48.5 Å². The molecule has 51 heavy (non-hydrogen) atoms. The van der Waals surface area contributed by atoms with E-state index >= 15 is 0 Å². The molecule has 0 aliphatic rings. The van der Waals surface area contributed by atoms with Crippen molar-refractivity contribution in [1.82, 2.24) is 19.5 Å². The molecule has 0 radical (unpaired) electrons. The number of para-hydroxylation sites is 2. The topological polar surface area (TPSA) is 56.7 Å². The van der Waals surface area contributed by atoms with E-state index in [0.29, 0.717) is 33.0 Å². The lowest BCUT2D eigenvalue weighted by Crippen LogP contribution is -2.06. The highest BCUT2D eigenvalue weighted by Gasteiger charge is 2.22. The second kappa shape index (κ2) is 10.9. The second-order valence-corrected chi connectivity index (χ2v) is 12.6. The summed E-state index contributed by atoms with van der Waals surface area (Å²) in [6.45, 7) is 0. The van der Waals surface area contributed by atoms with E-state index < -0.39 is 119 Å². The average molecular weight is 687 g/mol. The average Bonchev–Trinajstić information content (AvgIpc) is 4.01. The van der Waals surface area contributed by atoms with Crippen LogP contribution in [0.2, 0.25) is 0 Å². The van der Waals surface area contributed by atoms with Gasteiger partial charge >= 0.3 is 0 Å². The zero-order chi connectivity index (χ0) is 47.4. The number of fused-ring (bicyclic) bond motifs is 10. The molecule has 0 unspecified atom stereocenters. The third-order valence-corrected chi connectivity index (χ3v) is 9.88. The number of thiophene rings is 1. The van der Waals surface area contributed by atoms with Crippen LogP contribution in [0.3, 0.4) is 0 Å². The third-order valence-electron chi connectivity index (χ3n) is 8.76. The van der Waals surface area contributed by atoms with E-state index in [9.17, 15) is 4.11 Å². The fraction of sp³-hybridized carbons (Fsp3) is 0. The molecular weight excluding hydrogens is 645 g/mol. The summed E-state index contributed by atoms with van der Waals surface area (Å²) in [6.07, 6.45) is 0. The van der Waals surface area contributed by atoms with Crippen molar-refractivity contribution in [2.45, 2.75) is 0 Å². The van der Waals surface area contributed by atoms with Gasteiger partial charge in [0, 0.05) is 47.5 Å². The first-order valence-corrected chi connectivity index (χ1v) is 16.5. The Labute approximate surface area is 318 Å². The van der Waals surface area contributed by atoms with Crippen molar-refractivity contribution in [3.63, 3.8) is 0 Å². The van der Waals surface area contributed by atoms with Gasteiger partial charge in [0.1, 0.15) is 11.2 Å². The van der Waals surface area contributed by atoms with Crippen LogP contribution in [0.1, 0.15) is 21.9 Å². The van der Waals surface area contributed by atoms with Gasteiger partial charge in [-0.3, -0.25) is 4.57 Å². The number of hydrogen-bond acceptors (Lipinski definition) is 5. The first kappa shape index (κ1) is 16.9.